The molecule has 0 N–H and O–H groups in total. The second-order valence-electron chi connectivity index (χ2n) is 29.3. The summed E-state index contributed by atoms with van der Waals surface area (Å²) < 4.78 is 37.4. The molecule has 119 heavy (non-hydrogen) atoms. The van der Waals surface area contributed by atoms with Crippen molar-refractivity contribution in [1.82, 2.24) is 0 Å². The van der Waals surface area contributed by atoms with Gasteiger partial charge in [-0.3, -0.25) is 0 Å². The van der Waals surface area contributed by atoms with Crippen LogP contribution in [0.1, 0.15) is 112 Å². The Morgan fingerprint density at radius 1 is 0.185 bits per heavy atom. The average Bonchev–Trinajstić information content (AvgIpc) is 0.677. The zero-order chi connectivity index (χ0) is 80.5. The Morgan fingerprint density at radius 2 is 0.353 bits per heavy atom. The van der Waals surface area contributed by atoms with Gasteiger partial charge in [0.05, 0.1) is 0 Å². The first-order valence-electron chi connectivity index (χ1n) is 40.2. The Labute approximate surface area is 697 Å². The molecule has 9 heteroatoms. The summed E-state index contributed by atoms with van der Waals surface area (Å²) in [6.07, 6.45) is 26.4. The molecule has 15 aromatic rings. The molecule has 3 aliphatic rings. The molecule has 18 rings (SSSR count). The van der Waals surface area contributed by atoms with E-state index in [9.17, 15) is 0 Å². The fourth-order valence-corrected chi connectivity index (χ4v) is 16.1. The second-order valence-corrected chi connectivity index (χ2v) is 29.3. The van der Waals surface area contributed by atoms with Gasteiger partial charge in [0.1, 0.15) is 17.2 Å². The van der Waals surface area contributed by atoms with Gasteiger partial charge in [-0.05, 0) is 211 Å². The fourth-order valence-electron chi connectivity index (χ4n) is 16.1. The van der Waals surface area contributed by atoms with Crippen LogP contribution in [0.15, 0.2) is 364 Å². The molecular weight excluding hydrogens is 1460 g/mol. The van der Waals surface area contributed by atoms with Gasteiger partial charge in [-0.1, -0.05) is 310 Å². The molecule has 0 spiro atoms. The zero-order valence-corrected chi connectivity index (χ0v) is 66.6. The summed E-state index contributed by atoms with van der Waals surface area (Å²) in [4.78, 5) is 6.83. The highest BCUT2D eigenvalue weighted by Gasteiger charge is 2.49. The normalized spacial score (nSPS) is 13.3. The van der Waals surface area contributed by atoms with Crippen LogP contribution in [0.5, 0.6) is 17.2 Å². The molecule has 3 aliphatic carbocycles. The van der Waals surface area contributed by atoms with E-state index in [4.69, 9.17) is 28.4 Å². The number of methoxy groups -OCH3 is 3. The number of hydrogen-bond donors (Lipinski definition) is 0. The van der Waals surface area contributed by atoms with Crippen LogP contribution in [0.2, 0.25) is 0 Å². The minimum absolute atomic E-state index is 0.0351. The monoisotopic (exact) mass is 1550 g/mol. The predicted octanol–water partition coefficient (Wildman–Crippen LogP) is 28.1. The second kappa shape index (κ2) is 36.9. The third-order valence-electron chi connectivity index (χ3n) is 21.7. The van der Waals surface area contributed by atoms with E-state index in [1.807, 2.05) is 0 Å². The molecule has 0 saturated heterocycles. The van der Waals surface area contributed by atoms with Gasteiger partial charge in [0.25, 0.3) is 0 Å². The van der Waals surface area contributed by atoms with Gasteiger partial charge < -0.3 is 43.1 Å². The van der Waals surface area contributed by atoms with E-state index in [0.29, 0.717) is 17.2 Å². The lowest BCUT2D eigenvalue weighted by Crippen LogP contribution is -2.32. The van der Waals surface area contributed by atoms with Crippen LogP contribution < -0.4 is 28.9 Å². The van der Waals surface area contributed by atoms with Gasteiger partial charge in [0.2, 0.25) is 0 Å². The molecule has 0 heterocycles. The largest absolute Gasteiger partial charge is 0.467 e. The standard InChI is InChI=1S/C110H89N3O6/c1-114-76-117-100-73-64-88(61-52-82-43-34-79(35-44-82)40-49-85-55-67-97(68-56-85)111(91-22-10-4-11-23-91)92-24-12-5-13-25-92)103-106(100)110-107-101(118-77-115-2)74-65-89(62-53-83-45-36-80(37-46-83)41-50-86-57-69-98(70-58-86)112(93-26-14-6-15-27-93)94-28-16-7-17-29-94)104(107)109(103)105-90(66-75-102(108(105)110)119-78-116-3)63-54-84-47-38-81(39-48-84)42-51-87-59-71-99(72-60-87)113(95-30-18-8-19-31-95)96-32-20-9-21-33-96/h4-75,109-110H,76-78H2,1-3H3/b49-40+,50-41+,51-42+,61-52-,62-53-,63-54+. The van der Waals surface area contributed by atoms with Crippen molar-refractivity contribution >= 4 is 124 Å². The highest BCUT2D eigenvalue weighted by Crippen LogP contribution is 2.64. The maximum absolute atomic E-state index is 6.75. The SMILES string of the molecule is COCOc1ccc(/C=C\c2ccc(/C=C/c3ccc(N(c4ccccc4)c4ccccc4)cc3)cc2)c2c1C1c3c(OCOC)ccc(/C=C\c4ccc(/C=C/c5ccc(N(c6ccccc6)c6ccccc6)cc5)cc4)c3C2c2c(/C=C/c3ccc(/C=C/c4ccc(N(c5ccccc5)c5ccccc5)cc4)cc3)ccc(OCOC)c21. The van der Waals surface area contributed by atoms with E-state index in [1.165, 1.54) is 0 Å². The molecule has 2 bridgehead atoms. The zero-order valence-electron chi connectivity index (χ0n) is 66.6. The smallest absolute Gasteiger partial charge is 0.188 e. The number of rotatable bonds is 30. The number of para-hydroxylation sites is 6. The molecule has 0 saturated carbocycles. The molecule has 580 valence electrons. The molecule has 0 radical (unpaired) electrons. The van der Waals surface area contributed by atoms with Crippen molar-refractivity contribution < 1.29 is 28.4 Å². The van der Waals surface area contributed by atoms with Crippen LogP contribution >= 0.6 is 0 Å². The Hall–Kier alpha value is -14.6. The van der Waals surface area contributed by atoms with Gasteiger partial charge in [-0.25, -0.2) is 0 Å². The van der Waals surface area contributed by atoms with Crippen LogP contribution in [0.25, 0.3) is 72.9 Å². The van der Waals surface area contributed by atoms with Crippen molar-refractivity contribution in [3.63, 3.8) is 0 Å². The first-order valence-corrected chi connectivity index (χ1v) is 40.2. The van der Waals surface area contributed by atoms with Crippen molar-refractivity contribution in [2.75, 3.05) is 56.4 Å². The lowest BCUT2D eigenvalue weighted by Gasteiger charge is -2.46. The van der Waals surface area contributed by atoms with Gasteiger partial charge >= 0.3 is 0 Å². The first kappa shape index (κ1) is 77.0. The van der Waals surface area contributed by atoms with Gasteiger partial charge in [0, 0.05) is 101 Å². The molecule has 0 amide bonds. The summed E-state index contributed by atoms with van der Waals surface area (Å²) in [6, 6.07) is 128. The van der Waals surface area contributed by atoms with E-state index >= 15 is 0 Å². The van der Waals surface area contributed by atoms with Crippen molar-refractivity contribution in [3.8, 4) is 17.2 Å². The molecule has 0 aromatic heterocycles. The Kier molecular flexibility index (Phi) is 23.9. The lowest BCUT2D eigenvalue weighted by molar-refractivity contribution is 0.0482. The maximum Gasteiger partial charge on any atom is 0.188 e. The number of benzene rings is 15. The van der Waals surface area contributed by atoms with E-state index in [0.717, 1.165) is 151 Å². The molecular formula is C110H89N3O6. The van der Waals surface area contributed by atoms with Crippen molar-refractivity contribution in [1.29, 1.82) is 0 Å². The van der Waals surface area contributed by atoms with Crippen molar-refractivity contribution in [3.05, 3.63) is 464 Å². The lowest BCUT2D eigenvalue weighted by atomic mass is 9.57. The Bertz CT molecular complexity index is 5400. The fraction of sp³-hybridized carbons (Fsp3) is 0.0727. The van der Waals surface area contributed by atoms with Gasteiger partial charge in [0.15, 0.2) is 20.4 Å². The van der Waals surface area contributed by atoms with Crippen LogP contribution in [-0.4, -0.2) is 41.7 Å². The van der Waals surface area contributed by atoms with E-state index < -0.39 is 11.8 Å². The number of anilines is 9. The molecule has 15 aromatic carbocycles. The van der Waals surface area contributed by atoms with Gasteiger partial charge in [-0.15, -0.1) is 0 Å². The van der Waals surface area contributed by atoms with Crippen LogP contribution in [0.4, 0.5) is 51.2 Å². The number of ether oxygens (including phenoxy) is 6. The summed E-state index contributed by atoms with van der Waals surface area (Å²) in [5, 5.41) is 0. The van der Waals surface area contributed by atoms with E-state index in [-0.39, 0.29) is 20.4 Å². The van der Waals surface area contributed by atoms with Crippen LogP contribution in [0, 0.1) is 0 Å². The summed E-state index contributed by atoms with van der Waals surface area (Å²) in [7, 11) is 4.97. The highest BCUT2D eigenvalue weighted by atomic mass is 16.7. The first-order chi connectivity index (χ1) is 58.9. The number of nitrogens with zero attached hydrogens (tertiary/aromatic N) is 3. The molecule has 0 atom stereocenters. The van der Waals surface area contributed by atoms with E-state index in [1.54, 1.807) is 21.3 Å². The minimum Gasteiger partial charge on any atom is -0.467 e. The number of hydrogen-bond acceptors (Lipinski definition) is 9. The summed E-state index contributed by atoms with van der Waals surface area (Å²) in [6.45, 7) is 0.105. The predicted molar refractivity (Wildman–Crippen MR) is 495 cm³/mol. The van der Waals surface area contributed by atoms with E-state index in [2.05, 4.69) is 452 Å². The average molecular weight is 1550 g/mol. The molecule has 0 fully saturated rings. The summed E-state index contributed by atoms with van der Waals surface area (Å²) >= 11 is 0. The molecule has 0 unspecified atom stereocenters. The summed E-state index contributed by atoms with van der Waals surface area (Å²) in [5.74, 6) is 1.23. The Morgan fingerprint density at radius 3 is 0.546 bits per heavy atom. The van der Waals surface area contributed by atoms with Crippen molar-refractivity contribution in [2.45, 2.75) is 11.8 Å². The van der Waals surface area contributed by atoms with Crippen molar-refractivity contribution in [2.24, 2.45) is 0 Å². The maximum atomic E-state index is 6.75. The minimum atomic E-state index is -0.475. The van der Waals surface area contributed by atoms with Gasteiger partial charge in [-0.2, -0.15) is 0 Å². The third kappa shape index (κ3) is 17.5. The molecule has 0 aliphatic heterocycles. The topological polar surface area (TPSA) is 65.1 Å². The summed E-state index contributed by atoms with van der Waals surface area (Å²) in [5.41, 5.74) is 29.1. The highest BCUT2D eigenvalue weighted by molar-refractivity contribution is 5.90. The Balaban J connectivity index is 0.711. The third-order valence-corrected chi connectivity index (χ3v) is 21.7. The molecule has 9 nitrogen and oxygen atoms in total. The quantitative estimate of drug-likeness (QED) is 0.0324. The van der Waals surface area contributed by atoms with Crippen LogP contribution in [0.3, 0.4) is 0 Å². The van der Waals surface area contributed by atoms with Crippen LogP contribution in [-0.2, 0) is 14.2 Å².